The van der Waals surface area contributed by atoms with Crippen molar-refractivity contribution in [2.75, 3.05) is 11.9 Å². The number of hydrogen-bond donors (Lipinski definition) is 0. The third kappa shape index (κ3) is 2.27. The second-order valence-corrected chi connectivity index (χ2v) is 5.92. The maximum atomic E-state index is 5.20. The van der Waals surface area contributed by atoms with Crippen molar-refractivity contribution in [1.82, 2.24) is 15.1 Å². The number of rotatable bonds is 4. The van der Waals surface area contributed by atoms with Gasteiger partial charge in [-0.3, -0.25) is 0 Å². The van der Waals surface area contributed by atoms with E-state index < -0.39 is 0 Å². The van der Waals surface area contributed by atoms with Crippen LogP contribution in [-0.4, -0.2) is 28.2 Å². The van der Waals surface area contributed by atoms with Crippen LogP contribution < -0.4 is 4.90 Å². The molecule has 20 heavy (non-hydrogen) atoms. The van der Waals surface area contributed by atoms with Crippen molar-refractivity contribution in [1.29, 1.82) is 0 Å². The number of likely N-dealkylation sites (N-methyl/N-ethyl adjacent to an activating group) is 1. The zero-order valence-electron chi connectivity index (χ0n) is 11.7. The molecule has 0 aliphatic carbocycles. The fraction of sp³-hybridized carbons (Fsp3) is 0.357. The van der Waals surface area contributed by atoms with Gasteiger partial charge in [-0.25, -0.2) is 4.98 Å². The van der Waals surface area contributed by atoms with Gasteiger partial charge in [0.15, 0.2) is 0 Å². The van der Waals surface area contributed by atoms with Crippen molar-refractivity contribution >= 4 is 28.3 Å². The number of aromatic nitrogens is 3. The van der Waals surface area contributed by atoms with E-state index in [-0.39, 0.29) is 0 Å². The van der Waals surface area contributed by atoms with E-state index >= 15 is 0 Å². The largest absolute Gasteiger partial charge is 0.356 e. The molecule has 0 bridgehead atoms. The van der Waals surface area contributed by atoms with E-state index in [0.29, 0.717) is 11.8 Å². The standard InChI is InChI=1S/C14H16N4OS/c1-9(7-11-5-4-6-20-11)18(3)13-12-10(2)17-19-14(12)16-8-15-13/h4-6,8-9H,7H2,1-3H3. The number of nitrogens with zero attached hydrogens (tertiary/aromatic N) is 4. The molecule has 1 atom stereocenters. The van der Waals surface area contributed by atoms with Crippen molar-refractivity contribution in [3.63, 3.8) is 0 Å². The number of aryl methyl sites for hydroxylation is 1. The first-order valence-corrected chi connectivity index (χ1v) is 7.37. The summed E-state index contributed by atoms with van der Waals surface area (Å²) in [6, 6.07) is 4.58. The Morgan fingerprint density at radius 2 is 2.25 bits per heavy atom. The molecule has 0 fully saturated rings. The average molecular weight is 288 g/mol. The Balaban J connectivity index is 1.91. The molecule has 0 amide bonds. The molecule has 0 saturated heterocycles. The third-order valence-corrected chi connectivity index (χ3v) is 4.39. The lowest BCUT2D eigenvalue weighted by atomic mass is 10.1. The van der Waals surface area contributed by atoms with Crippen molar-refractivity contribution in [2.24, 2.45) is 0 Å². The minimum Gasteiger partial charge on any atom is -0.356 e. The van der Waals surface area contributed by atoms with Crippen LogP contribution >= 0.6 is 11.3 Å². The van der Waals surface area contributed by atoms with E-state index in [4.69, 9.17) is 4.52 Å². The van der Waals surface area contributed by atoms with Crippen LogP contribution in [0.5, 0.6) is 0 Å². The van der Waals surface area contributed by atoms with Crippen LogP contribution in [-0.2, 0) is 6.42 Å². The fourth-order valence-electron chi connectivity index (χ4n) is 2.24. The monoisotopic (exact) mass is 288 g/mol. The molecule has 0 N–H and O–H groups in total. The summed E-state index contributed by atoms with van der Waals surface area (Å²) in [6.07, 6.45) is 2.51. The first kappa shape index (κ1) is 13.1. The van der Waals surface area contributed by atoms with Gasteiger partial charge in [0.25, 0.3) is 5.71 Å². The number of fused-ring (bicyclic) bond motifs is 1. The maximum Gasteiger partial charge on any atom is 0.263 e. The van der Waals surface area contributed by atoms with Gasteiger partial charge >= 0.3 is 0 Å². The third-order valence-electron chi connectivity index (χ3n) is 3.50. The molecule has 0 saturated carbocycles. The van der Waals surface area contributed by atoms with Gasteiger partial charge < -0.3 is 9.42 Å². The molecule has 104 valence electrons. The summed E-state index contributed by atoms with van der Waals surface area (Å²) < 4.78 is 5.20. The van der Waals surface area contributed by atoms with Gasteiger partial charge in [-0.2, -0.15) is 4.98 Å². The summed E-state index contributed by atoms with van der Waals surface area (Å²) in [4.78, 5) is 12.1. The molecule has 3 aromatic heterocycles. The molecule has 3 aromatic rings. The lowest BCUT2D eigenvalue weighted by Crippen LogP contribution is -2.31. The normalized spacial score (nSPS) is 12.8. The van der Waals surface area contributed by atoms with Gasteiger partial charge in [0, 0.05) is 24.4 Å². The number of hydrogen-bond acceptors (Lipinski definition) is 6. The highest BCUT2D eigenvalue weighted by Crippen LogP contribution is 2.27. The van der Waals surface area contributed by atoms with Gasteiger partial charge in [0.05, 0.1) is 5.69 Å². The summed E-state index contributed by atoms with van der Waals surface area (Å²) in [5, 5.41) is 6.97. The highest BCUT2D eigenvalue weighted by atomic mass is 32.1. The summed E-state index contributed by atoms with van der Waals surface area (Å²) >= 11 is 1.78. The first-order valence-electron chi connectivity index (χ1n) is 6.49. The van der Waals surface area contributed by atoms with Crippen molar-refractivity contribution in [3.05, 3.63) is 34.4 Å². The Morgan fingerprint density at radius 3 is 3.00 bits per heavy atom. The van der Waals surface area contributed by atoms with Crippen molar-refractivity contribution < 1.29 is 4.52 Å². The molecule has 0 spiro atoms. The van der Waals surface area contributed by atoms with Crippen LogP contribution in [0, 0.1) is 6.92 Å². The lowest BCUT2D eigenvalue weighted by Gasteiger charge is -2.25. The maximum absolute atomic E-state index is 5.20. The van der Waals surface area contributed by atoms with Crippen molar-refractivity contribution in [3.8, 4) is 0 Å². The van der Waals surface area contributed by atoms with Crippen LogP contribution in [0.15, 0.2) is 28.4 Å². The number of thiophene rings is 1. The molecular formula is C14H16N4OS. The van der Waals surface area contributed by atoms with Gasteiger partial charge in [-0.15, -0.1) is 11.3 Å². The first-order chi connectivity index (χ1) is 9.66. The SMILES string of the molecule is Cc1noc2ncnc(N(C)C(C)Cc3cccs3)c12. The van der Waals surface area contributed by atoms with Crippen LogP contribution in [0.1, 0.15) is 17.5 Å². The molecule has 0 aliphatic heterocycles. The van der Waals surface area contributed by atoms with Crippen LogP contribution in [0.3, 0.4) is 0 Å². The van der Waals surface area contributed by atoms with Gasteiger partial charge in [0.1, 0.15) is 17.5 Å². The second-order valence-electron chi connectivity index (χ2n) is 4.89. The molecule has 3 rings (SSSR count). The van der Waals surface area contributed by atoms with Crippen LogP contribution in [0.4, 0.5) is 5.82 Å². The Labute approximate surface area is 121 Å². The predicted octanol–water partition coefficient (Wildman–Crippen LogP) is 3.06. The summed E-state index contributed by atoms with van der Waals surface area (Å²) in [7, 11) is 2.05. The van der Waals surface area contributed by atoms with E-state index in [2.05, 4.69) is 44.5 Å². The van der Waals surface area contributed by atoms with Gasteiger partial charge in [-0.05, 0) is 25.3 Å². The minimum absolute atomic E-state index is 0.334. The summed E-state index contributed by atoms with van der Waals surface area (Å²) in [6.45, 7) is 4.10. The number of anilines is 1. The van der Waals surface area contributed by atoms with Crippen molar-refractivity contribution in [2.45, 2.75) is 26.3 Å². The predicted molar refractivity (Wildman–Crippen MR) is 80.2 cm³/mol. The van der Waals surface area contributed by atoms with E-state index in [0.717, 1.165) is 23.3 Å². The van der Waals surface area contributed by atoms with Crippen LogP contribution in [0.2, 0.25) is 0 Å². The zero-order chi connectivity index (χ0) is 14.1. The minimum atomic E-state index is 0.334. The molecule has 0 aromatic carbocycles. The molecular weight excluding hydrogens is 272 g/mol. The average Bonchev–Trinajstić information content (AvgIpc) is 3.08. The quantitative estimate of drug-likeness (QED) is 0.738. The summed E-state index contributed by atoms with van der Waals surface area (Å²) in [5.74, 6) is 0.873. The fourth-order valence-corrected chi connectivity index (χ4v) is 3.06. The van der Waals surface area contributed by atoms with Gasteiger partial charge in [-0.1, -0.05) is 11.2 Å². The van der Waals surface area contributed by atoms with E-state index in [1.807, 2.05) is 14.0 Å². The van der Waals surface area contributed by atoms with E-state index in [1.54, 1.807) is 11.3 Å². The van der Waals surface area contributed by atoms with Gasteiger partial charge in [0.2, 0.25) is 0 Å². The molecule has 3 heterocycles. The lowest BCUT2D eigenvalue weighted by molar-refractivity contribution is 0.442. The molecule has 0 radical (unpaired) electrons. The Kier molecular flexibility index (Phi) is 3.40. The highest BCUT2D eigenvalue weighted by Gasteiger charge is 2.19. The molecule has 0 aliphatic rings. The van der Waals surface area contributed by atoms with E-state index in [1.165, 1.54) is 11.2 Å². The Hall–Kier alpha value is -1.95. The highest BCUT2D eigenvalue weighted by molar-refractivity contribution is 7.09. The molecule has 1 unspecified atom stereocenters. The Bertz CT molecular complexity index is 707. The smallest absolute Gasteiger partial charge is 0.263 e. The second kappa shape index (κ2) is 5.20. The zero-order valence-corrected chi connectivity index (χ0v) is 12.5. The summed E-state index contributed by atoms with van der Waals surface area (Å²) in [5.41, 5.74) is 1.37. The van der Waals surface area contributed by atoms with E-state index in [9.17, 15) is 0 Å². The molecule has 5 nitrogen and oxygen atoms in total. The van der Waals surface area contributed by atoms with Crippen LogP contribution in [0.25, 0.3) is 11.1 Å². The molecule has 6 heteroatoms. The topological polar surface area (TPSA) is 55.1 Å². The Morgan fingerprint density at radius 1 is 1.40 bits per heavy atom.